The molecule has 0 radical (unpaired) electrons. The topological polar surface area (TPSA) is 59.9 Å². The van der Waals surface area contributed by atoms with E-state index in [1.54, 1.807) is 24.3 Å². The van der Waals surface area contributed by atoms with Crippen molar-refractivity contribution >= 4 is 23.2 Å². The van der Waals surface area contributed by atoms with E-state index in [-0.39, 0.29) is 12.7 Å². The van der Waals surface area contributed by atoms with Crippen molar-refractivity contribution in [1.29, 1.82) is 0 Å². The second kappa shape index (κ2) is 6.71. The van der Waals surface area contributed by atoms with Crippen LogP contribution in [-0.2, 0) is 0 Å². The smallest absolute Gasteiger partial charge is 0.271 e. The van der Waals surface area contributed by atoms with Crippen LogP contribution in [0, 0.1) is 0 Å². The maximum atomic E-state index is 12.2. The Balaban J connectivity index is 1.76. The van der Waals surface area contributed by atoms with Gasteiger partial charge in [-0.2, -0.15) is 5.10 Å². The van der Waals surface area contributed by atoms with Gasteiger partial charge in [-0.1, -0.05) is 30.7 Å². The number of nitrogens with zero attached hydrogens (tertiary/aromatic N) is 1. The molecule has 2 aromatic carbocycles. The Morgan fingerprint density at radius 1 is 1.17 bits per heavy atom. The number of carbonyl (C=O) groups excluding carboxylic acids is 1. The van der Waals surface area contributed by atoms with Crippen molar-refractivity contribution in [2.24, 2.45) is 5.10 Å². The molecule has 0 unspecified atom stereocenters. The van der Waals surface area contributed by atoms with Crippen LogP contribution in [0.1, 0.15) is 29.3 Å². The minimum Gasteiger partial charge on any atom is -0.454 e. The summed E-state index contributed by atoms with van der Waals surface area (Å²) in [6.45, 7) is 2.14. The third kappa shape index (κ3) is 3.46. The van der Waals surface area contributed by atoms with Crippen LogP contribution >= 0.6 is 11.6 Å². The standard InChI is InChI=1S/C17H15ClN2O3/c1-2-14(11-4-3-5-13(18)8-11)19-20-17(21)12-6-7-15-16(9-12)23-10-22-15/h3-9H,2,10H2,1H3,(H,20,21)/b19-14-. The highest BCUT2D eigenvalue weighted by molar-refractivity contribution is 6.31. The van der Waals surface area contributed by atoms with Gasteiger partial charge in [0.15, 0.2) is 11.5 Å². The fourth-order valence-electron chi connectivity index (χ4n) is 2.24. The van der Waals surface area contributed by atoms with E-state index >= 15 is 0 Å². The number of halogens is 1. The Kier molecular flexibility index (Phi) is 4.48. The summed E-state index contributed by atoms with van der Waals surface area (Å²) in [6.07, 6.45) is 0.668. The molecule has 0 aliphatic carbocycles. The van der Waals surface area contributed by atoms with Crippen LogP contribution in [0.5, 0.6) is 11.5 Å². The van der Waals surface area contributed by atoms with Crippen molar-refractivity contribution in [1.82, 2.24) is 5.43 Å². The Labute approximate surface area is 138 Å². The predicted octanol–water partition coefficient (Wildman–Crippen LogP) is 3.61. The second-order valence-electron chi connectivity index (χ2n) is 4.93. The molecule has 3 rings (SSSR count). The number of hydrazone groups is 1. The van der Waals surface area contributed by atoms with Gasteiger partial charge in [0.05, 0.1) is 5.71 Å². The molecule has 0 bridgehead atoms. The first-order valence-electron chi connectivity index (χ1n) is 7.20. The molecule has 0 spiro atoms. The summed E-state index contributed by atoms with van der Waals surface area (Å²) in [6, 6.07) is 12.4. The highest BCUT2D eigenvalue weighted by atomic mass is 35.5. The maximum absolute atomic E-state index is 12.2. The molecule has 23 heavy (non-hydrogen) atoms. The van der Waals surface area contributed by atoms with Crippen LogP contribution < -0.4 is 14.9 Å². The first kappa shape index (κ1) is 15.4. The number of nitrogens with one attached hydrogen (secondary N) is 1. The van der Waals surface area contributed by atoms with Crippen molar-refractivity contribution in [3.05, 3.63) is 58.6 Å². The summed E-state index contributed by atoms with van der Waals surface area (Å²) in [7, 11) is 0. The summed E-state index contributed by atoms with van der Waals surface area (Å²) >= 11 is 5.99. The lowest BCUT2D eigenvalue weighted by molar-refractivity contribution is 0.0954. The van der Waals surface area contributed by atoms with Gasteiger partial charge in [-0.15, -0.1) is 0 Å². The quantitative estimate of drug-likeness (QED) is 0.688. The molecule has 0 atom stereocenters. The summed E-state index contributed by atoms with van der Waals surface area (Å²) in [5, 5.41) is 4.84. The third-order valence-corrected chi connectivity index (χ3v) is 3.65. The average molecular weight is 331 g/mol. The van der Waals surface area contributed by atoms with Gasteiger partial charge in [-0.25, -0.2) is 5.43 Å². The molecule has 1 heterocycles. The van der Waals surface area contributed by atoms with Gasteiger partial charge in [0, 0.05) is 10.6 Å². The Hall–Kier alpha value is -2.53. The Bertz CT molecular complexity index is 774. The number of fused-ring (bicyclic) bond motifs is 1. The highest BCUT2D eigenvalue weighted by Crippen LogP contribution is 2.32. The maximum Gasteiger partial charge on any atom is 0.271 e. The van der Waals surface area contributed by atoms with E-state index in [1.165, 1.54) is 0 Å². The van der Waals surface area contributed by atoms with Crippen molar-refractivity contribution in [2.75, 3.05) is 6.79 Å². The van der Waals surface area contributed by atoms with Gasteiger partial charge in [-0.05, 0) is 42.3 Å². The summed E-state index contributed by atoms with van der Waals surface area (Å²) < 4.78 is 10.5. The van der Waals surface area contributed by atoms with Gasteiger partial charge >= 0.3 is 0 Å². The molecule has 0 saturated heterocycles. The number of carbonyl (C=O) groups is 1. The van der Waals surface area contributed by atoms with E-state index in [0.717, 1.165) is 11.3 Å². The largest absolute Gasteiger partial charge is 0.454 e. The molecule has 1 aliphatic rings. The molecular weight excluding hydrogens is 316 g/mol. The molecule has 118 valence electrons. The van der Waals surface area contributed by atoms with Gasteiger partial charge in [-0.3, -0.25) is 4.79 Å². The van der Waals surface area contributed by atoms with Crippen molar-refractivity contribution in [2.45, 2.75) is 13.3 Å². The SMILES string of the molecule is CC/C(=N/NC(=O)c1ccc2c(c1)OCO2)c1cccc(Cl)c1. The van der Waals surface area contributed by atoms with Gasteiger partial charge < -0.3 is 9.47 Å². The normalized spacial score (nSPS) is 13.0. The van der Waals surface area contributed by atoms with E-state index in [1.807, 2.05) is 25.1 Å². The van der Waals surface area contributed by atoms with Crippen molar-refractivity contribution < 1.29 is 14.3 Å². The van der Waals surface area contributed by atoms with Crippen LogP contribution in [0.25, 0.3) is 0 Å². The number of amides is 1. The fourth-order valence-corrected chi connectivity index (χ4v) is 2.43. The third-order valence-electron chi connectivity index (χ3n) is 3.42. The lowest BCUT2D eigenvalue weighted by Crippen LogP contribution is -2.20. The van der Waals surface area contributed by atoms with E-state index in [4.69, 9.17) is 21.1 Å². The van der Waals surface area contributed by atoms with Crippen molar-refractivity contribution in [3.8, 4) is 11.5 Å². The first-order valence-corrected chi connectivity index (χ1v) is 7.57. The average Bonchev–Trinajstić information content (AvgIpc) is 3.03. The lowest BCUT2D eigenvalue weighted by atomic mass is 10.1. The number of rotatable bonds is 4. The fraction of sp³-hybridized carbons (Fsp3) is 0.176. The number of ether oxygens (including phenoxy) is 2. The lowest BCUT2D eigenvalue weighted by Gasteiger charge is -2.06. The zero-order chi connectivity index (χ0) is 16.2. The molecular formula is C17H15ClN2O3. The molecule has 5 nitrogen and oxygen atoms in total. The molecule has 6 heteroatoms. The summed E-state index contributed by atoms with van der Waals surface area (Å²) in [5.41, 5.74) is 4.66. The zero-order valence-electron chi connectivity index (χ0n) is 12.5. The van der Waals surface area contributed by atoms with E-state index in [2.05, 4.69) is 10.5 Å². The zero-order valence-corrected chi connectivity index (χ0v) is 13.3. The first-order chi connectivity index (χ1) is 11.2. The Morgan fingerprint density at radius 3 is 2.78 bits per heavy atom. The number of benzene rings is 2. The molecule has 0 fully saturated rings. The van der Waals surface area contributed by atoms with E-state index < -0.39 is 0 Å². The van der Waals surface area contributed by atoms with Crippen molar-refractivity contribution in [3.63, 3.8) is 0 Å². The minimum atomic E-state index is -0.309. The second-order valence-corrected chi connectivity index (χ2v) is 5.37. The molecule has 0 saturated carbocycles. The predicted molar refractivity (Wildman–Crippen MR) is 88.3 cm³/mol. The summed E-state index contributed by atoms with van der Waals surface area (Å²) in [4.78, 5) is 12.2. The Morgan fingerprint density at radius 2 is 2.00 bits per heavy atom. The molecule has 1 amide bonds. The van der Waals surface area contributed by atoms with Gasteiger partial charge in [0.2, 0.25) is 6.79 Å². The monoisotopic (exact) mass is 330 g/mol. The highest BCUT2D eigenvalue weighted by Gasteiger charge is 2.16. The molecule has 0 aromatic heterocycles. The molecule has 2 aromatic rings. The van der Waals surface area contributed by atoms with Crippen LogP contribution in [0.3, 0.4) is 0 Å². The molecule has 1 N–H and O–H groups in total. The summed E-state index contributed by atoms with van der Waals surface area (Å²) in [5.74, 6) is 0.890. The minimum absolute atomic E-state index is 0.174. The van der Waals surface area contributed by atoms with E-state index in [0.29, 0.717) is 28.5 Å². The van der Waals surface area contributed by atoms with Crippen LogP contribution in [0.2, 0.25) is 5.02 Å². The number of hydrogen-bond acceptors (Lipinski definition) is 4. The van der Waals surface area contributed by atoms with Crippen LogP contribution in [-0.4, -0.2) is 18.4 Å². The number of hydrogen-bond donors (Lipinski definition) is 1. The molecule has 1 aliphatic heterocycles. The van der Waals surface area contributed by atoms with E-state index in [9.17, 15) is 4.79 Å². The van der Waals surface area contributed by atoms with Gasteiger partial charge in [0.25, 0.3) is 5.91 Å². The van der Waals surface area contributed by atoms with Crippen LogP contribution in [0.15, 0.2) is 47.6 Å². The van der Waals surface area contributed by atoms with Crippen LogP contribution in [0.4, 0.5) is 0 Å². The van der Waals surface area contributed by atoms with Gasteiger partial charge in [0.1, 0.15) is 0 Å².